The van der Waals surface area contributed by atoms with Gasteiger partial charge >= 0.3 is 11.9 Å². The molecule has 1 aromatic heterocycles. The minimum atomic E-state index is -0.865. The average Bonchev–Trinajstić information content (AvgIpc) is 3.22. The molecule has 3 atom stereocenters. The molecule has 0 aliphatic carbocycles. The van der Waals surface area contributed by atoms with Crippen LogP contribution in [0.2, 0.25) is 0 Å². The van der Waals surface area contributed by atoms with Crippen LogP contribution in [0.4, 0.5) is 0 Å². The number of carbonyl (C=O) groups excluding carboxylic acids is 4. The number of hydrogen-bond acceptors (Lipinski definition) is 8. The zero-order valence-corrected chi connectivity index (χ0v) is 22.5. The molecule has 39 heavy (non-hydrogen) atoms. The van der Waals surface area contributed by atoms with E-state index in [0.717, 1.165) is 11.1 Å². The second-order valence-electron chi connectivity index (χ2n) is 10.8. The predicted octanol–water partition coefficient (Wildman–Crippen LogP) is 2.35. The van der Waals surface area contributed by atoms with Crippen molar-refractivity contribution in [3.63, 3.8) is 0 Å². The fraction of sp³-hybridized carbons (Fsp3) is 0.414. The molecule has 3 heterocycles. The lowest BCUT2D eigenvalue weighted by atomic mass is 9.82. The third kappa shape index (κ3) is 6.17. The van der Waals surface area contributed by atoms with E-state index in [-0.39, 0.29) is 30.0 Å². The summed E-state index contributed by atoms with van der Waals surface area (Å²) in [6.45, 7) is 6.40. The van der Waals surface area contributed by atoms with Crippen LogP contribution in [0.3, 0.4) is 0 Å². The Balaban J connectivity index is 1.47. The maximum absolute atomic E-state index is 13.1. The molecule has 0 bridgehead atoms. The lowest BCUT2D eigenvalue weighted by Crippen LogP contribution is -2.61. The number of nitrogens with one attached hydrogen (secondary N) is 1. The van der Waals surface area contributed by atoms with Crippen molar-refractivity contribution in [3.05, 3.63) is 71.2 Å². The molecule has 2 amide bonds. The zero-order valence-electron chi connectivity index (χ0n) is 22.5. The van der Waals surface area contributed by atoms with Crippen LogP contribution < -0.4 is 5.32 Å². The van der Waals surface area contributed by atoms with Gasteiger partial charge in [0.1, 0.15) is 5.70 Å². The van der Waals surface area contributed by atoms with Crippen molar-refractivity contribution in [2.24, 2.45) is 11.3 Å². The van der Waals surface area contributed by atoms with Gasteiger partial charge in [0.25, 0.3) is 0 Å². The molecular formula is C29H33N3O7. The van der Waals surface area contributed by atoms with Gasteiger partial charge in [-0.25, -0.2) is 4.79 Å². The van der Waals surface area contributed by atoms with Crippen LogP contribution in [0.15, 0.2) is 54.5 Å². The van der Waals surface area contributed by atoms with Crippen molar-refractivity contribution in [3.8, 4) is 0 Å². The number of β-lactam (4-membered cyclic amide) rings is 1. The Morgan fingerprint density at radius 1 is 1.13 bits per heavy atom. The second kappa shape index (κ2) is 11.4. The van der Waals surface area contributed by atoms with Crippen molar-refractivity contribution in [1.82, 2.24) is 15.2 Å². The van der Waals surface area contributed by atoms with Crippen LogP contribution >= 0.6 is 0 Å². The van der Waals surface area contributed by atoms with Crippen molar-refractivity contribution in [1.29, 1.82) is 0 Å². The summed E-state index contributed by atoms with van der Waals surface area (Å²) in [6, 6.07) is 10.5. The van der Waals surface area contributed by atoms with E-state index >= 15 is 0 Å². The number of aliphatic hydroxyl groups is 1. The lowest BCUT2D eigenvalue weighted by molar-refractivity contribution is -0.175. The van der Waals surface area contributed by atoms with E-state index in [2.05, 4.69) is 10.3 Å². The molecule has 2 aliphatic heterocycles. The summed E-state index contributed by atoms with van der Waals surface area (Å²) in [7, 11) is 0. The van der Waals surface area contributed by atoms with E-state index in [1.165, 1.54) is 4.90 Å². The predicted molar refractivity (Wildman–Crippen MR) is 140 cm³/mol. The molecule has 4 rings (SSSR count). The van der Waals surface area contributed by atoms with Crippen molar-refractivity contribution in [2.45, 2.75) is 59.2 Å². The lowest BCUT2D eigenvalue weighted by Gasteiger charge is -2.44. The van der Waals surface area contributed by atoms with Crippen molar-refractivity contribution in [2.75, 3.05) is 6.79 Å². The van der Waals surface area contributed by atoms with Gasteiger partial charge in [-0.15, -0.1) is 0 Å². The number of aliphatic hydroxyl groups excluding tert-OH is 1. The van der Waals surface area contributed by atoms with Gasteiger partial charge in [0.2, 0.25) is 18.6 Å². The second-order valence-corrected chi connectivity index (χ2v) is 10.8. The third-order valence-electron chi connectivity index (χ3n) is 6.79. The molecule has 0 radical (unpaired) electrons. The molecule has 10 heteroatoms. The number of rotatable bonds is 9. The first kappa shape index (κ1) is 28.0. The number of amides is 2. The molecule has 0 spiro atoms. The van der Waals surface area contributed by atoms with Crippen molar-refractivity contribution >= 4 is 29.3 Å². The highest BCUT2D eigenvalue weighted by Gasteiger charge is 2.57. The van der Waals surface area contributed by atoms with Gasteiger partial charge in [-0.1, -0.05) is 30.3 Å². The van der Waals surface area contributed by atoms with Gasteiger partial charge in [0.15, 0.2) is 0 Å². The molecule has 2 N–H and O–H groups in total. The maximum atomic E-state index is 13.1. The molecule has 0 unspecified atom stereocenters. The fourth-order valence-corrected chi connectivity index (χ4v) is 4.71. The molecule has 0 saturated carbocycles. The van der Waals surface area contributed by atoms with E-state index in [0.29, 0.717) is 24.1 Å². The molecule has 1 aromatic carbocycles. The maximum Gasteiger partial charge on any atom is 0.358 e. The van der Waals surface area contributed by atoms with Crippen LogP contribution in [0.25, 0.3) is 5.57 Å². The Labute approximate surface area is 227 Å². The quantitative estimate of drug-likeness (QED) is 0.284. The Hall–Kier alpha value is -4.05. The van der Waals surface area contributed by atoms with Gasteiger partial charge in [-0.2, -0.15) is 0 Å². The summed E-state index contributed by atoms with van der Waals surface area (Å²) >= 11 is 0. The van der Waals surface area contributed by atoms with E-state index < -0.39 is 36.2 Å². The standard InChI is InChI=1S/C29H33N3O7/c1-17(33)24-22-13-21(25(32(22)26(24)35)27(36)38-16-39-28(37)29(2,3)4)20-9-7-18(8-10-20)12-23(34)31-15-19-6-5-11-30-14-19/h5-11,14,17,22,24,33H,12-13,15-16H2,1-4H3,(H,31,34)/t17-,22-,24-/m1/s1. The summed E-state index contributed by atoms with van der Waals surface area (Å²) in [5.41, 5.74) is 2.29. The number of carbonyl (C=O) groups is 4. The number of benzene rings is 1. The summed E-state index contributed by atoms with van der Waals surface area (Å²) in [6.07, 6.45) is 3.03. The largest absolute Gasteiger partial charge is 0.427 e. The van der Waals surface area contributed by atoms with Crippen LogP contribution in [-0.4, -0.2) is 57.7 Å². The minimum absolute atomic E-state index is 0.0793. The Bertz CT molecular complexity index is 1280. The van der Waals surface area contributed by atoms with Crippen molar-refractivity contribution < 1.29 is 33.8 Å². The van der Waals surface area contributed by atoms with Crippen LogP contribution in [0.5, 0.6) is 0 Å². The molecular weight excluding hydrogens is 502 g/mol. The van der Waals surface area contributed by atoms with E-state index in [1.807, 2.05) is 6.07 Å². The molecule has 2 aliphatic rings. The molecule has 2 aromatic rings. The SMILES string of the molecule is C[C@@H](O)[C@H]1C(=O)N2C(C(=O)OCOC(=O)C(C)(C)C)=C(c3ccc(CC(=O)NCc4cccnc4)cc3)C[C@H]12. The summed E-state index contributed by atoms with van der Waals surface area (Å²) < 4.78 is 10.3. The summed E-state index contributed by atoms with van der Waals surface area (Å²) in [5.74, 6) is -2.43. The van der Waals surface area contributed by atoms with Gasteiger partial charge in [0.05, 0.1) is 29.9 Å². The van der Waals surface area contributed by atoms with Gasteiger partial charge < -0.3 is 24.8 Å². The highest BCUT2D eigenvalue weighted by Crippen LogP contribution is 2.47. The number of ether oxygens (including phenoxy) is 2. The van der Waals surface area contributed by atoms with Gasteiger partial charge in [0, 0.05) is 18.9 Å². The van der Waals surface area contributed by atoms with Gasteiger partial charge in [-0.05, 0) is 62.4 Å². The number of nitrogens with zero attached hydrogens (tertiary/aromatic N) is 2. The monoisotopic (exact) mass is 535 g/mol. The number of pyridine rings is 1. The molecule has 206 valence electrons. The number of esters is 2. The molecule has 1 fully saturated rings. The number of hydrogen-bond donors (Lipinski definition) is 2. The zero-order chi connectivity index (χ0) is 28.3. The smallest absolute Gasteiger partial charge is 0.358 e. The molecule has 1 saturated heterocycles. The van der Waals surface area contributed by atoms with Gasteiger partial charge in [-0.3, -0.25) is 19.4 Å². The first-order chi connectivity index (χ1) is 18.5. The van der Waals surface area contributed by atoms with Crippen LogP contribution in [0.1, 0.15) is 50.8 Å². The Morgan fingerprint density at radius 2 is 1.85 bits per heavy atom. The fourth-order valence-electron chi connectivity index (χ4n) is 4.71. The number of fused-ring (bicyclic) bond motifs is 1. The Kier molecular flexibility index (Phi) is 8.15. The first-order valence-corrected chi connectivity index (χ1v) is 12.8. The Morgan fingerprint density at radius 3 is 2.46 bits per heavy atom. The van der Waals surface area contributed by atoms with Crippen LogP contribution in [-0.2, 0) is 41.6 Å². The highest BCUT2D eigenvalue weighted by atomic mass is 16.7. The molecule has 10 nitrogen and oxygen atoms in total. The normalized spacial score (nSPS) is 19.2. The van der Waals surface area contributed by atoms with E-state index in [9.17, 15) is 24.3 Å². The first-order valence-electron chi connectivity index (χ1n) is 12.8. The summed E-state index contributed by atoms with van der Waals surface area (Å²) in [4.78, 5) is 55.7. The third-order valence-corrected chi connectivity index (χ3v) is 6.79. The topological polar surface area (TPSA) is 135 Å². The van der Waals surface area contributed by atoms with E-state index in [4.69, 9.17) is 9.47 Å². The van der Waals surface area contributed by atoms with E-state index in [1.54, 1.807) is 70.4 Å². The number of aromatic nitrogens is 1. The highest BCUT2D eigenvalue weighted by molar-refractivity contribution is 6.06. The average molecular weight is 536 g/mol. The minimum Gasteiger partial charge on any atom is -0.427 e. The summed E-state index contributed by atoms with van der Waals surface area (Å²) in [5, 5.41) is 13.0. The van der Waals surface area contributed by atoms with Crippen LogP contribution in [0, 0.1) is 11.3 Å².